The lowest BCUT2D eigenvalue weighted by Gasteiger charge is -2.10. The van der Waals surface area contributed by atoms with Crippen molar-refractivity contribution in [3.63, 3.8) is 0 Å². The lowest BCUT2D eigenvalue weighted by Crippen LogP contribution is -2.07. The number of Topliss-reactive ketones (excluding diaryl/α,β-unsaturated/α-hetero) is 1. The van der Waals surface area contributed by atoms with Crippen molar-refractivity contribution in [3.8, 4) is 5.75 Å². The van der Waals surface area contributed by atoms with Gasteiger partial charge in [-0.05, 0) is 28.8 Å². The Labute approximate surface area is 99.5 Å². The van der Waals surface area contributed by atoms with Gasteiger partial charge in [0, 0.05) is 6.42 Å². The van der Waals surface area contributed by atoms with Crippen LogP contribution in [0.3, 0.4) is 0 Å². The van der Waals surface area contributed by atoms with E-state index in [0.717, 1.165) is 16.7 Å². The van der Waals surface area contributed by atoms with Crippen molar-refractivity contribution in [2.75, 3.05) is 0 Å². The lowest BCUT2D eigenvalue weighted by atomic mass is 9.92. The number of hydrogen-bond donors (Lipinski definition) is 1. The van der Waals surface area contributed by atoms with Gasteiger partial charge in [0.2, 0.25) is 0 Å². The minimum Gasteiger partial charge on any atom is -0.508 e. The highest BCUT2D eigenvalue weighted by Crippen LogP contribution is 2.37. The molecule has 84 valence electrons. The molecule has 0 saturated carbocycles. The summed E-state index contributed by atoms with van der Waals surface area (Å²) in [6.45, 7) is 0. The van der Waals surface area contributed by atoms with Gasteiger partial charge in [-0.3, -0.25) is 4.79 Å². The Balaban J connectivity index is 2.14. The van der Waals surface area contributed by atoms with Crippen molar-refractivity contribution in [2.45, 2.75) is 12.3 Å². The molecular formula is C15H12O2. The summed E-state index contributed by atoms with van der Waals surface area (Å²) in [7, 11) is 0. The first-order chi connectivity index (χ1) is 8.25. The number of carbonyl (C=O) groups is 1. The number of hydrogen-bond acceptors (Lipinski definition) is 2. The number of aromatic hydroxyl groups is 1. The largest absolute Gasteiger partial charge is 0.508 e. The molecule has 2 aromatic carbocycles. The summed E-state index contributed by atoms with van der Waals surface area (Å²) in [6.07, 6.45) is 0.467. The Morgan fingerprint density at radius 2 is 1.82 bits per heavy atom. The van der Waals surface area contributed by atoms with Crippen LogP contribution in [-0.4, -0.2) is 10.9 Å². The van der Waals surface area contributed by atoms with Crippen molar-refractivity contribution in [2.24, 2.45) is 0 Å². The van der Waals surface area contributed by atoms with Gasteiger partial charge in [-0.15, -0.1) is 0 Å². The zero-order valence-electron chi connectivity index (χ0n) is 9.26. The quantitative estimate of drug-likeness (QED) is 0.808. The summed E-state index contributed by atoms with van der Waals surface area (Å²) in [4.78, 5) is 12.1. The Bertz CT molecular complexity index is 573. The van der Waals surface area contributed by atoms with Gasteiger partial charge in [0.05, 0.1) is 5.92 Å². The predicted molar refractivity (Wildman–Crippen MR) is 65.1 cm³/mol. The molecule has 0 aromatic heterocycles. The fourth-order valence-electron chi connectivity index (χ4n) is 2.49. The van der Waals surface area contributed by atoms with E-state index in [4.69, 9.17) is 0 Å². The number of benzene rings is 2. The van der Waals surface area contributed by atoms with Crippen molar-refractivity contribution in [3.05, 3.63) is 65.2 Å². The maximum atomic E-state index is 12.1. The van der Waals surface area contributed by atoms with Gasteiger partial charge in [-0.2, -0.15) is 0 Å². The summed E-state index contributed by atoms with van der Waals surface area (Å²) < 4.78 is 0. The molecule has 0 saturated heterocycles. The van der Waals surface area contributed by atoms with Crippen molar-refractivity contribution >= 4 is 5.78 Å². The molecule has 2 aromatic rings. The Morgan fingerprint density at radius 1 is 1.06 bits per heavy atom. The van der Waals surface area contributed by atoms with Gasteiger partial charge >= 0.3 is 0 Å². The van der Waals surface area contributed by atoms with Crippen LogP contribution in [0.5, 0.6) is 5.75 Å². The summed E-state index contributed by atoms with van der Waals surface area (Å²) in [5, 5.41) is 9.54. The van der Waals surface area contributed by atoms with E-state index in [9.17, 15) is 9.90 Å². The molecule has 3 rings (SSSR count). The van der Waals surface area contributed by atoms with Crippen molar-refractivity contribution in [1.82, 2.24) is 0 Å². The van der Waals surface area contributed by atoms with Crippen LogP contribution in [-0.2, 0) is 11.2 Å². The maximum absolute atomic E-state index is 12.1. The molecule has 17 heavy (non-hydrogen) atoms. The van der Waals surface area contributed by atoms with Crippen LogP contribution in [0.4, 0.5) is 0 Å². The van der Waals surface area contributed by atoms with Gasteiger partial charge in [0.15, 0.2) is 0 Å². The highest BCUT2D eigenvalue weighted by atomic mass is 16.3. The maximum Gasteiger partial charge on any atom is 0.149 e. The number of ketones is 1. The molecule has 0 spiro atoms. The molecule has 0 bridgehead atoms. The first-order valence-electron chi connectivity index (χ1n) is 5.65. The van der Waals surface area contributed by atoms with Gasteiger partial charge in [0.25, 0.3) is 0 Å². The molecule has 1 aliphatic carbocycles. The third kappa shape index (κ3) is 1.62. The highest BCUT2D eigenvalue weighted by molar-refractivity contribution is 5.95. The molecule has 0 heterocycles. The van der Waals surface area contributed by atoms with E-state index in [-0.39, 0.29) is 17.5 Å². The van der Waals surface area contributed by atoms with Crippen molar-refractivity contribution < 1.29 is 9.90 Å². The average molecular weight is 224 g/mol. The summed E-state index contributed by atoms with van der Waals surface area (Å²) in [5.41, 5.74) is 2.98. The fraction of sp³-hybridized carbons (Fsp3) is 0.133. The molecule has 1 unspecified atom stereocenters. The van der Waals surface area contributed by atoms with Gasteiger partial charge in [0.1, 0.15) is 11.5 Å². The van der Waals surface area contributed by atoms with E-state index >= 15 is 0 Å². The van der Waals surface area contributed by atoms with Gasteiger partial charge < -0.3 is 5.11 Å². The normalized spacial score (nSPS) is 18.1. The number of phenolic OH excluding ortho intramolecular Hbond substituents is 1. The first-order valence-corrected chi connectivity index (χ1v) is 5.65. The van der Waals surface area contributed by atoms with E-state index in [2.05, 4.69) is 0 Å². The third-order valence-corrected chi connectivity index (χ3v) is 3.26. The lowest BCUT2D eigenvalue weighted by molar-refractivity contribution is -0.118. The smallest absolute Gasteiger partial charge is 0.149 e. The molecule has 0 fully saturated rings. The molecular weight excluding hydrogens is 212 g/mol. The number of carbonyl (C=O) groups excluding carboxylic acids is 1. The monoisotopic (exact) mass is 224 g/mol. The fourth-order valence-corrected chi connectivity index (χ4v) is 2.49. The molecule has 2 nitrogen and oxygen atoms in total. The van der Waals surface area contributed by atoms with Crippen LogP contribution in [0.1, 0.15) is 22.6 Å². The van der Waals surface area contributed by atoms with Gasteiger partial charge in [-0.25, -0.2) is 0 Å². The average Bonchev–Trinajstić information content (AvgIpc) is 2.65. The minimum absolute atomic E-state index is 0.205. The number of rotatable bonds is 1. The third-order valence-electron chi connectivity index (χ3n) is 3.26. The van der Waals surface area contributed by atoms with Crippen LogP contribution >= 0.6 is 0 Å². The first kappa shape index (κ1) is 10.1. The van der Waals surface area contributed by atoms with Crippen LogP contribution < -0.4 is 0 Å². The van der Waals surface area contributed by atoms with Crippen LogP contribution in [0.2, 0.25) is 0 Å². The zero-order valence-corrected chi connectivity index (χ0v) is 9.26. The minimum atomic E-state index is -0.210. The molecule has 0 amide bonds. The van der Waals surface area contributed by atoms with E-state index in [1.165, 1.54) is 0 Å². The molecule has 1 atom stereocenters. The van der Waals surface area contributed by atoms with E-state index < -0.39 is 0 Å². The Hall–Kier alpha value is -2.09. The van der Waals surface area contributed by atoms with Crippen LogP contribution in [0.25, 0.3) is 0 Å². The molecule has 0 aliphatic heterocycles. The van der Waals surface area contributed by atoms with E-state index in [1.54, 1.807) is 12.1 Å². The molecule has 0 radical (unpaired) electrons. The van der Waals surface area contributed by atoms with Crippen molar-refractivity contribution in [1.29, 1.82) is 0 Å². The Kier molecular flexibility index (Phi) is 2.22. The second-order valence-electron chi connectivity index (χ2n) is 4.37. The van der Waals surface area contributed by atoms with Crippen LogP contribution in [0.15, 0.2) is 48.5 Å². The van der Waals surface area contributed by atoms with E-state index in [0.29, 0.717) is 6.42 Å². The summed E-state index contributed by atoms with van der Waals surface area (Å²) in [5.74, 6) is 0.217. The standard InChI is InChI=1S/C15H12O2/c16-12-7-6-11-8-14(17)15(13(11)9-12)10-4-2-1-3-5-10/h1-7,9,15-16H,8H2. The number of fused-ring (bicyclic) bond motifs is 1. The summed E-state index contributed by atoms with van der Waals surface area (Å²) >= 11 is 0. The second-order valence-corrected chi connectivity index (χ2v) is 4.37. The van der Waals surface area contributed by atoms with E-state index in [1.807, 2.05) is 36.4 Å². The number of phenols is 1. The Morgan fingerprint density at radius 3 is 2.59 bits per heavy atom. The predicted octanol–water partition coefficient (Wildman–Crippen LogP) is 2.65. The molecule has 1 N–H and O–H groups in total. The van der Waals surface area contributed by atoms with Crippen LogP contribution in [0, 0.1) is 0 Å². The SMILES string of the molecule is O=C1Cc2ccc(O)cc2C1c1ccccc1. The topological polar surface area (TPSA) is 37.3 Å². The van der Waals surface area contributed by atoms with Gasteiger partial charge in [-0.1, -0.05) is 36.4 Å². The molecule has 1 aliphatic rings. The zero-order chi connectivity index (χ0) is 11.8. The molecule has 2 heteroatoms. The highest BCUT2D eigenvalue weighted by Gasteiger charge is 2.31. The summed E-state index contributed by atoms with van der Waals surface area (Å²) in [6, 6.07) is 14.9. The second kappa shape index (κ2) is 3.74.